The third-order valence-corrected chi connectivity index (χ3v) is 8.60. The van der Waals surface area contributed by atoms with E-state index in [1.54, 1.807) is 0 Å². The number of nitrogens with one attached hydrogen (secondary N) is 2. The van der Waals surface area contributed by atoms with Gasteiger partial charge in [-0.05, 0) is 156 Å². The van der Waals surface area contributed by atoms with Gasteiger partial charge in [-0.15, -0.1) is 0 Å². The Hall–Kier alpha value is -6.27. The molecule has 0 radical (unpaired) electrons. The monoisotopic (exact) mass is 742 g/mol. The van der Waals surface area contributed by atoms with E-state index in [1.165, 1.54) is 22.4 Å². The van der Waals surface area contributed by atoms with Gasteiger partial charge in [0.05, 0.1) is 17.1 Å². The van der Waals surface area contributed by atoms with E-state index in [9.17, 15) is 0 Å². The lowest BCUT2D eigenvalue weighted by Gasteiger charge is -2.21. The first kappa shape index (κ1) is 42.5. The first-order chi connectivity index (χ1) is 27.3. The maximum absolute atomic E-state index is 4.48. The summed E-state index contributed by atoms with van der Waals surface area (Å²) in [6, 6.07) is 43.5. The number of benzene rings is 3. The van der Waals surface area contributed by atoms with Crippen LogP contribution in [0.1, 0.15) is 78.5 Å². The van der Waals surface area contributed by atoms with Crippen LogP contribution >= 0.6 is 0 Å². The fourth-order valence-electron chi connectivity index (χ4n) is 5.84. The molecule has 6 heteroatoms. The van der Waals surface area contributed by atoms with Crippen molar-refractivity contribution in [2.24, 2.45) is 0 Å². The highest BCUT2D eigenvalue weighted by Crippen LogP contribution is 2.18. The molecule has 0 aliphatic rings. The molecule has 6 rings (SSSR count). The van der Waals surface area contributed by atoms with Crippen molar-refractivity contribution in [3.05, 3.63) is 178 Å². The van der Waals surface area contributed by atoms with Crippen molar-refractivity contribution in [2.75, 3.05) is 41.7 Å². The summed E-state index contributed by atoms with van der Waals surface area (Å²) in [6.45, 7) is 18.5. The Bertz CT molecular complexity index is 2060. The molecule has 0 atom stereocenters. The number of pyridine rings is 3. The maximum Gasteiger partial charge on any atom is 0.0633 e. The van der Waals surface area contributed by atoms with Crippen LogP contribution in [0.4, 0.5) is 17.1 Å². The molecule has 3 heterocycles. The highest BCUT2D eigenvalue weighted by molar-refractivity contribution is 5.72. The summed E-state index contributed by atoms with van der Waals surface area (Å²) in [5.74, 6) is 0. The van der Waals surface area contributed by atoms with E-state index in [-0.39, 0.29) is 0 Å². The molecule has 288 valence electrons. The fourth-order valence-corrected chi connectivity index (χ4v) is 5.84. The van der Waals surface area contributed by atoms with Crippen LogP contribution in [0.2, 0.25) is 0 Å². The molecule has 0 spiro atoms. The Morgan fingerprint density at radius 2 is 0.786 bits per heavy atom. The summed E-state index contributed by atoms with van der Waals surface area (Å²) in [7, 11) is 0. The molecule has 0 unspecified atom stereocenters. The van der Waals surface area contributed by atoms with Gasteiger partial charge in [0.15, 0.2) is 0 Å². The molecule has 0 saturated carbocycles. The first-order valence-electron chi connectivity index (χ1n) is 19.7. The van der Waals surface area contributed by atoms with Gasteiger partial charge in [-0.25, -0.2) is 0 Å². The number of hydrogen-bond donors (Lipinski definition) is 2. The number of hydrogen-bond acceptors (Lipinski definition) is 6. The van der Waals surface area contributed by atoms with E-state index >= 15 is 0 Å². The molecule has 3 aromatic carbocycles. The van der Waals surface area contributed by atoms with Crippen molar-refractivity contribution in [1.29, 1.82) is 0 Å². The minimum atomic E-state index is 0.937. The molecule has 3 aromatic heterocycles. The Morgan fingerprint density at radius 1 is 0.429 bits per heavy atom. The molecule has 6 nitrogen and oxygen atoms in total. The largest absolute Gasteiger partial charge is 0.385 e. The molecule has 56 heavy (non-hydrogen) atoms. The highest BCUT2D eigenvalue weighted by atomic mass is 15.1. The van der Waals surface area contributed by atoms with Crippen molar-refractivity contribution in [3.8, 4) is 0 Å². The average molecular weight is 743 g/mol. The van der Waals surface area contributed by atoms with Gasteiger partial charge in [0.25, 0.3) is 0 Å². The Morgan fingerprint density at radius 3 is 1.14 bits per heavy atom. The summed E-state index contributed by atoms with van der Waals surface area (Å²) in [5, 5.41) is 6.61. The van der Waals surface area contributed by atoms with E-state index in [1.807, 2.05) is 87.5 Å². The fraction of sp³-hybridized carbons (Fsp3) is 0.220. The molecule has 2 N–H and O–H groups in total. The Kier molecular flexibility index (Phi) is 17.8. The number of rotatable bonds is 13. The van der Waals surface area contributed by atoms with Gasteiger partial charge in [0.1, 0.15) is 0 Å². The predicted octanol–water partition coefficient (Wildman–Crippen LogP) is 12.4. The molecular weight excluding hydrogens is 685 g/mol. The second-order valence-electron chi connectivity index (χ2n) is 13.2. The summed E-state index contributed by atoms with van der Waals surface area (Å²) in [4.78, 5) is 15.7. The second kappa shape index (κ2) is 23.5. The number of aromatic nitrogens is 3. The molecular formula is C50H58N6. The van der Waals surface area contributed by atoms with Crippen LogP contribution in [-0.4, -0.2) is 41.1 Å². The normalized spacial score (nSPS) is 10.8. The van der Waals surface area contributed by atoms with Crippen molar-refractivity contribution >= 4 is 53.5 Å². The molecule has 0 fully saturated rings. The lowest BCUT2D eigenvalue weighted by atomic mass is 10.1. The topological polar surface area (TPSA) is 66.0 Å². The van der Waals surface area contributed by atoms with Crippen LogP contribution in [0.3, 0.4) is 0 Å². The third kappa shape index (κ3) is 15.2. The minimum absolute atomic E-state index is 0.937. The first-order valence-corrected chi connectivity index (χ1v) is 19.7. The molecule has 0 aliphatic heterocycles. The lowest BCUT2D eigenvalue weighted by molar-refractivity contribution is 0.866. The smallest absolute Gasteiger partial charge is 0.0633 e. The van der Waals surface area contributed by atoms with Crippen LogP contribution < -0.4 is 15.5 Å². The van der Waals surface area contributed by atoms with E-state index in [0.29, 0.717) is 0 Å². The zero-order chi connectivity index (χ0) is 40.0. The summed E-state index contributed by atoms with van der Waals surface area (Å²) < 4.78 is 0. The zero-order valence-corrected chi connectivity index (χ0v) is 34.2. The Labute approximate surface area is 335 Å². The van der Waals surface area contributed by atoms with Gasteiger partial charge < -0.3 is 15.5 Å². The number of nitrogens with zero attached hydrogens (tertiary/aromatic N) is 4. The van der Waals surface area contributed by atoms with E-state index in [0.717, 1.165) is 71.7 Å². The maximum atomic E-state index is 4.48. The van der Waals surface area contributed by atoms with Gasteiger partial charge >= 0.3 is 0 Å². The predicted molar refractivity (Wildman–Crippen MR) is 245 cm³/mol. The number of aryl methyl sites for hydroxylation is 3. The summed E-state index contributed by atoms with van der Waals surface area (Å²) in [5.41, 5.74) is 13.2. The molecule has 0 saturated heterocycles. The van der Waals surface area contributed by atoms with Crippen LogP contribution in [0.15, 0.2) is 127 Å². The molecule has 0 aliphatic carbocycles. The van der Waals surface area contributed by atoms with Crippen LogP contribution in [-0.2, 0) is 0 Å². The molecule has 0 bridgehead atoms. The van der Waals surface area contributed by atoms with Crippen LogP contribution in [0, 0.1) is 20.8 Å². The van der Waals surface area contributed by atoms with E-state index < -0.39 is 0 Å². The van der Waals surface area contributed by atoms with Crippen LogP contribution in [0.25, 0.3) is 36.5 Å². The van der Waals surface area contributed by atoms with Crippen molar-refractivity contribution < 1.29 is 0 Å². The zero-order valence-electron chi connectivity index (χ0n) is 34.2. The van der Waals surface area contributed by atoms with Crippen molar-refractivity contribution in [2.45, 2.75) is 48.5 Å². The van der Waals surface area contributed by atoms with Gasteiger partial charge in [0.2, 0.25) is 0 Å². The average Bonchev–Trinajstić information content (AvgIpc) is 3.20. The quantitative estimate of drug-likeness (QED) is 0.123. The van der Waals surface area contributed by atoms with Gasteiger partial charge in [-0.1, -0.05) is 72.8 Å². The molecule has 0 amide bonds. The summed E-state index contributed by atoms with van der Waals surface area (Å²) >= 11 is 0. The van der Waals surface area contributed by atoms with Gasteiger partial charge in [0, 0.05) is 60.3 Å². The third-order valence-electron chi connectivity index (χ3n) is 8.60. The van der Waals surface area contributed by atoms with E-state index in [2.05, 4.69) is 155 Å². The minimum Gasteiger partial charge on any atom is -0.385 e. The van der Waals surface area contributed by atoms with Gasteiger partial charge in [-0.3, -0.25) is 15.0 Å². The SMILES string of the molecule is CCN(CC)c1cccc(C=Cc2cccc(C)n2)c1.CCNc1cccc(C=Cc2cccc(C)n2)c1.CCNc1cccc(C=Cc2cccc(C)n2)c1. The highest BCUT2D eigenvalue weighted by Gasteiger charge is 2.01. The molecule has 6 aromatic rings. The Balaban J connectivity index is 0.000000187. The second-order valence-corrected chi connectivity index (χ2v) is 13.2. The standard InChI is InChI=1S/C18H22N2.2C16H18N2/c1-4-20(5-2)18-11-7-9-16(14-18)12-13-17-10-6-8-15(3)19-17;2*1-3-17-16-9-5-7-14(12-16)10-11-15-8-4-6-13(2)18-15/h6-14H,4-5H2,1-3H3;2*4-12,17H,3H2,1-2H3. The lowest BCUT2D eigenvalue weighted by Crippen LogP contribution is -2.21. The van der Waals surface area contributed by atoms with Crippen LogP contribution in [0.5, 0.6) is 0 Å². The van der Waals surface area contributed by atoms with Crippen molar-refractivity contribution in [3.63, 3.8) is 0 Å². The summed E-state index contributed by atoms with van der Waals surface area (Å²) in [6.07, 6.45) is 12.4. The van der Waals surface area contributed by atoms with Gasteiger partial charge in [-0.2, -0.15) is 0 Å². The number of anilines is 3. The van der Waals surface area contributed by atoms with E-state index in [4.69, 9.17) is 0 Å². The van der Waals surface area contributed by atoms with Crippen molar-refractivity contribution in [1.82, 2.24) is 15.0 Å².